The lowest BCUT2D eigenvalue weighted by molar-refractivity contribution is 0.102. The second kappa shape index (κ2) is 7.72. The van der Waals surface area contributed by atoms with Gasteiger partial charge in [-0.3, -0.25) is 14.8 Å². The molecule has 2 aromatic carbocycles. The van der Waals surface area contributed by atoms with Crippen molar-refractivity contribution in [2.75, 3.05) is 16.3 Å². The zero-order chi connectivity index (χ0) is 19.4. The number of amides is 1. The summed E-state index contributed by atoms with van der Waals surface area (Å²) < 4.78 is 43.6. The smallest absolute Gasteiger partial charge is 0.257 e. The molecule has 0 saturated carbocycles. The molecule has 1 amide bonds. The van der Waals surface area contributed by atoms with Crippen LogP contribution in [0.25, 0.3) is 0 Å². The topological polar surface area (TPSA) is 97.4 Å². The number of nitrogens with zero attached hydrogens (tertiary/aromatic N) is 1. The maximum absolute atomic E-state index is 13.2. The first-order chi connectivity index (χ1) is 12.8. The highest BCUT2D eigenvalue weighted by Crippen LogP contribution is 2.30. The monoisotopic (exact) mass is 407 g/mol. The number of hydrogen-bond donors (Lipinski definition) is 2. The van der Waals surface area contributed by atoms with E-state index in [4.69, 9.17) is 4.74 Å². The number of rotatable bonds is 6. The molecule has 0 aliphatic carbocycles. The first kappa shape index (κ1) is 18.8. The highest BCUT2D eigenvalue weighted by Gasteiger charge is 2.12. The van der Waals surface area contributed by atoms with Gasteiger partial charge in [0.05, 0.1) is 12.5 Å². The highest BCUT2D eigenvalue weighted by atomic mass is 32.2. The Kier molecular flexibility index (Phi) is 5.38. The fraction of sp³-hybridized carbons (Fsp3) is 0.0588. The number of anilines is 2. The summed E-state index contributed by atoms with van der Waals surface area (Å²) in [6.07, 6.45) is 2.43. The number of aromatic nitrogens is 1. The van der Waals surface area contributed by atoms with E-state index in [1.165, 1.54) is 36.5 Å². The predicted octanol–water partition coefficient (Wildman–Crippen LogP) is 3.70. The Morgan fingerprint density at radius 3 is 2.70 bits per heavy atom. The summed E-state index contributed by atoms with van der Waals surface area (Å²) in [5, 5.41) is 3.27. The van der Waals surface area contributed by atoms with E-state index in [0.717, 1.165) is 17.6 Å². The molecule has 0 fully saturated rings. The van der Waals surface area contributed by atoms with Gasteiger partial charge in [0.2, 0.25) is 15.1 Å². The molecular weight excluding hydrogens is 393 g/mol. The molecule has 0 unspecified atom stereocenters. The summed E-state index contributed by atoms with van der Waals surface area (Å²) in [5.74, 6) is -0.567. The fourth-order valence-corrected chi connectivity index (χ4v) is 3.36. The van der Waals surface area contributed by atoms with Crippen molar-refractivity contribution < 1.29 is 22.3 Å². The van der Waals surface area contributed by atoms with E-state index in [1.807, 2.05) is 0 Å². The number of hydrogen-bond acceptors (Lipinski definition) is 6. The van der Waals surface area contributed by atoms with Crippen LogP contribution in [0.3, 0.4) is 0 Å². The Morgan fingerprint density at radius 1 is 1.19 bits per heavy atom. The number of ether oxygens (including phenoxy) is 1. The molecule has 27 heavy (non-hydrogen) atoms. The molecule has 7 nitrogen and oxygen atoms in total. The van der Waals surface area contributed by atoms with Crippen molar-refractivity contribution in [1.29, 1.82) is 0 Å². The van der Waals surface area contributed by atoms with Gasteiger partial charge in [-0.15, -0.1) is 0 Å². The number of carbonyl (C=O) groups excluding carboxylic acids is 1. The minimum absolute atomic E-state index is 0.256. The maximum Gasteiger partial charge on any atom is 0.257 e. The quantitative estimate of drug-likeness (QED) is 0.649. The number of halogens is 1. The van der Waals surface area contributed by atoms with Crippen LogP contribution in [0, 0.1) is 5.82 Å². The van der Waals surface area contributed by atoms with Crippen LogP contribution in [0.2, 0.25) is 0 Å². The standard InChI is InChI=1S/C17H14FN3O4S2/c1-27(23,24)21-13-6-2-4-11(8-13)16(22)20-17-19-10-15(26-17)25-14-7-3-5-12(18)9-14/h2-10,21H,1H3,(H,19,20,22). The average molecular weight is 407 g/mol. The molecule has 1 aromatic heterocycles. The van der Waals surface area contributed by atoms with Gasteiger partial charge < -0.3 is 4.74 Å². The third kappa shape index (κ3) is 5.50. The molecule has 0 atom stereocenters. The lowest BCUT2D eigenvalue weighted by atomic mass is 10.2. The van der Waals surface area contributed by atoms with Gasteiger partial charge in [0.1, 0.15) is 11.6 Å². The molecule has 0 aliphatic rings. The van der Waals surface area contributed by atoms with Crippen LogP contribution in [0.5, 0.6) is 10.8 Å². The minimum Gasteiger partial charge on any atom is -0.445 e. The molecule has 1 heterocycles. The van der Waals surface area contributed by atoms with E-state index in [9.17, 15) is 17.6 Å². The molecule has 3 rings (SSSR count). The van der Waals surface area contributed by atoms with E-state index in [1.54, 1.807) is 18.2 Å². The first-order valence-corrected chi connectivity index (χ1v) is 10.3. The van der Waals surface area contributed by atoms with Crippen LogP contribution in [0.4, 0.5) is 15.2 Å². The molecule has 0 aliphatic heterocycles. The predicted molar refractivity (Wildman–Crippen MR) is 101 cm³/mol. The molecule has 3 aromatic rings. The van der Waals surface area contributed by atoms with Gasteiger partial charge in [-0.25, -0.2) is 17.8 Å². The Hall–Kier alpha value is -2.98. The van der Waals surface area contributed by atoms with Crippen molar-refractivity contribution in [2.45, 2.75) is 0 Å². The van der Waals surface area contributed by atoms with E-state index in [-0.39, 0.29) is 16.4 Å². The Balaban J connectivity index is 1.68. The number of carbonyl (C=O) groups is 1. The zero-order valence-corrected chi connectivity index (χ0v) is 15.6. The van der Waals surface area contributed by atoms with Gasteiger partial charge in [-0.1, -0.05) is 23.5 Å². The SMILES string of the molecule is CS(=O)(=O)Nc1cccc(C(=O)Nc2ncc(Oc3cccc(F)c3)s2)c1. The molecule has 0 spiro atoms. The number of nitrogens with one attached hydrogen (secondary N) is 2. The summed E-state index contributed by atoms with van der Waals surface area (Å²) in [5.41, 5.74) is 0.533. The minimum atomic E-state index is -3.44. The van der Waals surface area contributed by atoms with Gasteiger partial charge in [0.15, 0.2) is 5.13 Å². The summed E-state index contributed by atoms with van der Waals surface area (Å²) in [4.78, 5) is 16.4. The molecule has 0 radical (unpaired) electrons. The van der Waals surface area contributed by atoms with Crippen molar-refractivity contribution in [3.63, 3.8) is 0 Å². The van der Waals surface area contributed by atoms with Crippen LogP contribution in [0.15, 0.2) is 54.7 Å². The molecule has 2 N–H and O–H groups in total. The largest absolute Gasteiger partial charge is 0.445 e. The Labute approximate surface area is 158 Å². The third-order valence-electron chi connectivity index (χ3n) is 3.15. The molecule has 140 valence electrons. The molecule has 0 saturated heterocycles. The highest BCUT2D eigenvalue weighted by molar-refractivity contribution is 7.92. The second-order valence-electron chi connectivity index (χ2n) is 5.45. The van der Waals surface area contributed by atoms with Crippen molar-refractivity contribution in [1.82, 2.24) is 4.98 Å². The van der Waals surface area contributed by atoms with Crippen molar-refractivity contribution >= 4 is 38.1 Å². The van der Waals surface area contributed by atoms with Gasteiger partial charge in [-0.2, -0.15) is 0 Å². The van der Waals surface area contributed by atoms with Gasteiger partial charge in [-0.05, 0) is 30.3 Å². The molecule has 0 bridgehead atoms. The van der Waals surface area contributed by atoms with Crippen molar-refractivity contribution in [3.8, 4) is 10.8 Å². The molecule has 10 heteroatoms. The van der Waals surface area contributed by atoms with Crippen molar-refractivity contribution in [3.05, 3.63) is 66.1 Å². The fourth-order valence-electron chi connectivity index (χ4n) is 2.12. The number of benzene rings is 2. The van der Waals surface area contributed by atoms with Crippen LogP contribution in [-0.2, 0) is 10.0 Å². The van der Waals surface area contributed by atoms with Crippen LogP contribution in [0.1, 0.15) is 10.4 Å². The summed E-state index contributed by atoms with van der Waals surface area (Å²) in [6.45, 7) is 0. The number of sulfonamides is 1. The van der Waals surface area contributed by atoms with Crippen molar-refractivity contribution in [2.24, 2.45) is 0 Å². The average Bonchev–Trinajstić information content (AvgIpc) is 3.00. The van der Waals surface area contributed by atoms with Crippen LogP contribution < -0.4 is 14.8 Å². The second-order valence-corrected chi connectivity index (χ2v) is 8.19. The summed E-state index contributed by atoms with van der Waals surface area (Å²) in [6, 6.07) is 11.7. The maximum atomic E-state index is 13.2. The Morgan fingerprint density at radius 2 is 1.96 bits per heavy atom. The summed E-state index contributed by atoms with van der Waals surface area (Å²) in [7, 11) is -3.44. The van der Waals surface area contributed by atoms with E-state index >= 15 is 0 Å². The lowest BCUT2D eigenvalue weighted by Crippen LogP contribution is -2.13. The Bertz CT molecular complexity index is 1080. The number of thiazole rings is 1. The van der Waals surface area contributed by atoms with Gasteiger partial charge in [0.25, 0.3) is 5.91 Å². The summed E-state index contributed by atoms with van der Waals surface area (Å²) >= 11 is 1.07. The zero-order valence-electron chi connectivity index (χ0n) is 14.0. The van der Waals surface area contributed by atoms with Gasteiger partial charge in [0, 0.05) is 17.3 Å². The first-order valence-electron chi connectivity index (χ1n) is 7.57. The van der Waals surface area contributed by atoms with Crippen LogP contribution >= 0.6 is 11.3 Å². The van der Waals surface area contributed by atoms with Crippen LogP contribution in [-0.4, -0.2) is 25.6 Å². The molecular formula is C17H14FN3O4S2. The third-order valence-corrected chi connectivity index (χ3v) is 4.54. The normalized spacial score (nSPS) is 11.0. The van der Waals surface area contributed by atoms with E-state index in [2.05, 4.69) is 15.0 Å². The van der Waals surface area contributed by atoms with E-state index in [0.29, 0.717) is 10.8 Å². The lowest BCUT2D eigenvalue weighted by Gasteiger charge is -2.06. The van der Waals surface area contributed by atoms with E-state index < -0.39 is 21.7 Å². The van der Waals surface area contributed by atoms with Gasteiger partial charge >= 0.3 is 0 Å².